The van der Waals surface area contributed by atoms with Crippen molar-refractivity contribution in [2.75, 3.05) is 5.32 Å². The highest BCUT2D eigenvalue weighted by Crippen LogP contribution is 2.31. The third kappa shape index (κ3) is 4.20. The molecule has 2 unspecified atom stereocenters. The first-order valence-corrected chi connectivity index (χ1v) is 8.07. The lowest BCUT2D eigenvalue weighted by molar-refractivity contribution is 0.341. The van der Waals surface area contributed by atoms with Gasteiger partial charge >= 0.3 is 0 Å². The van der Waals surface area contributed by atoms with E-state index in [4.69, 9.17) is 0 Å². The summed E-state index contributed by atoms with van der Waals surface area (Å²) in [5, 5.41) is 3.38. The van der Waals surface area contributed by atoms with E-state index in [0.717, 1.165) is 29.2 Å². The van der Waals surface area contributed by atoms with Crippen molar-refractivity contribution in [3.05, 3.63) is 28.5 Å². The summed E-state index contributed by atoms with van der Waals surface area (Å²) in [6.45, 7) is 4.62. The Kier molecular flexibility index (Phi) is 5.26. The molecule has 0 aromatic heterocycles. The maximum absolute atomic E-state index is 13.7. The van der Waals surface area contributed by atoms with Crippen LogP contribution in [0.5, 0.6) is 0 Å². The number of hydrogen-bond donors (Lipinski definition) is 1. The summed E-state index contributed by atoms with van der Waals surface area (Å²) in [6, 6.07) is 5.50. The molecule has 1 N–H and O–H groups in total. The van der Waals surface area contributed by atoms with Crippen LogP contribution in [-0.2, 0) is 0 Å². The van der Waals surface area contributed by atoms with Gasteiger partial charge in [0, 0.05) is 10.5 Å². The molecule has 0 spiro atoms. The van der Waals surface area contributed by atoms with Gasteiger partial charge in [0.1, 0.15) is 5.82 Å². The first kappa shape index (κ1) is 14.8. The molecule has 0 saturated heterocycles. The molecule has 2 atom stereocenters. The van der Waals surface area contributed by atoms with Crippen LogP contribution >= 0.6 is 15.9 Å². The number of halogens is 2. The van der Waals surface area contributed by atoms with Crippen LogP contribution in [-0.4, -0.2) is 6.04 Å². The van der Waals surface area contributed by atoms with E-state index in [0.29, 0.717) is 11.7 Å². The molecular weight excluding hydrogens is 305 g/mol. The molecule has 1 aliphatic carbocycles. The van der Waals surface area contributed by atoms with E-state index in [2.05, 4.69) is 35.1 Å². The van der Waals surface area contributed by atoms with Crippen molar-refractivity contribution < 1.29 is 4.39 Å². The number of benzene rings is 1. The zero-order chi connectivity index (χ0) is 13.8. The van der Waals surface area contributed by atoms with Crippen molar-refractivity contribution in [2.24, 2.45) is 11.8 Å². The molecule has 1 aliphatic rings. The maximum Gasteiger partial charge on any atom is 0.146 e. The fourth-order valence-electron chi connectivity index (χ4n) is 2.97. The molecule has 1 aromatic carbocycles. The molecule has 1 saturated carbocycles. The first-order valence-electron chi connectivity index (χ1n) is 7.28. The molecule has 1 aromatic rings. The van der Waals surface area contributed by atoms with Crippen LogP contribution in [0.15, 0.2) is 22.7 Å². The second-order valence-corrected chi connectivity index (χ2v) is 6.89. The molecule has 3 heteroatoms. The van der Waals surface area contributed by atoms with Gasteiger partial charge in [-0.3, -0.25) is 0 Å². The molecule has 0 amide bonds. The van der Waals surface area contributed by atoms with Crippen molar-refractivity contribution in [1.29, 1.82) is 0 Å². The molecule has 0 bridgehead atoms. The highest BCUT2D eigenvalue weighted by Gasteiger charge is 2.21. The van der Waals surface area contributed by atoms with Gasteiger partial charge in [-0.1, -0.05) is 42.6 Å². The Bertz CT molecular complexity index is 419. The normalized spacial score (nSPS) is 24.3. The average molecular weight is 328 g/mol. The van der Waals surface area contributed by atoms with Crippen molar-refractivity contribution >= 4 is 21.6 Å². The highest BCUT2D eigenvalue weighted by atomic mass is 79.9. The van der Waals surface area contributed by atoms with Gasteiger partial charge in [0.05, 0.1) is 5.69 Å². The first-order chi connectivity index (χ1) is 9.06. The quantitative estimate of drug-likeness (QED) is 0.712. The summed E-state index contributed by atoms with van der Waals surface area (Å²) in [4.78, 5) is 0. The van der Waals surface area contributed by atoms with E-state index < -0.39 is 0 Å². The second kappa shape index (κ2) is 6.74. The summed E-state index contributed by atoms with van der Waals surface area (Å²) in [5.74, 6) is 1.44. The summed E-state index contributed by atoms with van der Waals surface area (Å²) in [7, 11) is 0. The van der Waals surface area contributed by atoms with Crippen LogP contribution in [0.1, 0.15) is 46.0 Å². The standard InChI is InChI=1S/C16H23BrFN/c1-11(2)12-4-3-5-14(8-6-12)19-16-10-13(17)7-9-15(16)18/h7,9-12,14,19H,3-6,8H2,1-2H3. The largest absolute Gasteiger partial charge is 0.380 e. The Labute approximate surface area is 124 Å². The molecule has 1 nitrogen and oxygen atoms in total. The predicted octanol–water partition coefficient (Wildman–Crippen LogP) is 5.61. The zero-order valence-corrected chi connectivity index (χ0v) is 13.3. The Morgan fingerprint density at radius 2 is 2.00 bits per heavy atom. The van der Waals surface area contributed by atoms with Gasteiger partial charge in [-0.25, -0.2) is 4.39 Å². The smallest absolute Gasteiger partial charge is 0.146 e. The van der Waals surface area contributed by atoms with E-state index >= 15 is 0 Å². The Balaban J connectivity index is 1.98. The van der Waals surface area contributed by atoms with Crippen LogP contribution < -0.4 is 5.32 Å². The van der Waals surface area contributed by atoms with Crippen LogP contribution in [0.4, 0.5) is 10.1 Å². The molecule has 0 aliphatic heterocycles. The fraction of sp³-hybridized carbons (Fsp3) is 0.625. The lowest BCUT2D eigenvalue weighted by Gasteiger charge is -2.20. The average Bonchev–Trinajstić information content (AvgIpc) is 2.59. The third-order valence-electron chi connectivity index (χ3n) is 4.24. The number of anilines is 1. The summed E-state index contributed by atoms with van der Waals surface area (Å²) >= 11 is 3.40. The molecule has 0 heterocycles. The van der Waals surface area contributed by atoms with E-state index in [-0.39, 0.29) is 5.82 Å². The van der Waals surface area contributed by atoms with Crippen molar-refractivity contribution in [3.63, 3.8) is 0 Å². The van der Waals surface area contributed by atoms with E-state index in [1.165, 1.54) is 25.3 Å². The molecule has 19 heavy (non-hydrogen) atoms. The van der Waals surface area contributed by atoms with Gasteiger partial charge in [0.15, 0.2) is 0 Å². The van der Waals surface area contributed by atoms with Crippen LogP contribution in [0, 0.1) is 17.7 Å². The van der Waals surface area contributed by atoms with Crippen molar-refractivity contribution in [1.82, 2.24) is 0 Å². The van der Waals surface area contributed by atoms with E-state index in [9.17, 15) is 4.39 Å². The summed E-state index contributed by atoms with van der Waals surface area (Å²) in [5.41, 5.74) is 0.627. The molecule has 106 valence electrons. The number of rotatable bonds is 3. The minimum Gasteiger partial charge on any atom is -0.380 e. The lowest BCUT2D eigenvalue weighted by atomic mass is 9.89. The Morgan fingerprint density at radius 3 is 2.74 bits per heavy atom. The zero-order valence-electron chi connectivity index (χ0n) is 11.8. The Morgan fingerprint density at radius 1 is 1.21 bits per heavy atom. The predicted molar refractivity (Wildman–Crippen MR) is 82.9 cm³/mol. The SMILES string of the molecule is CC(C)C1CCCC(Nc2cc(Br)ccc2F)CC1. The minimum atomic E-state index is -0.159. The number of nitrogens with one attached hydrogen (secondary N) is 1. The van der Waals surface area contributed by atoms with Gasteiger partial charge in [-0.15, -0.1) is 0 Å². The number of hydrogen-bond acceptors (Lipinski definition) is 1. The molecule has 2 rings (SSSR count). The highest BCUT2D eigenvalue weighted by molar-refractivity contribution is 9.10. The minimum absolute atomic E-state index is 0.159. The third-order valence-corrected chi connectivity index (χ3v) is 4.74. The van der Waals surface area contributed by atoms with E-state index in [1.807, 2.05) is 6.07 Å². The van der Waals surface area contributed by atoms with Gasteiger partial charge in [-0.2, -0.15) is 0 Å². The fourth-order valence-corrected chi connectivity index (χ4v) is 3.33. The van der Waals surface area contributed by atoms with Crippen molar-refractivity contribution in [3.8, 4) is 0 Å². The van der Waals surface area contributed by atoms with E-state index in [1.54, 1.807) is 6.07 Å². The topological polar surface area (TPSA) is 12.0 Å². The molecular formula is C16H23BrFN. The van der Waals surface area contributed by atoms with Crippen molar-refractivity contribution in [2.45, 2.75) is 52.0 Å². The molecule has 0 radical (unpaired) electrons. The monoisotopic (exact) mass is 327 g/mol. The van der Waals surface area contributed by atoms with Crippen LogP contribution in [0.3, 0.4) is 0 Å². The van der Waals surface area contributed by atoms with Crippen LogP contribution in [0.25, 0.3) is 0 Å². The summed E-state index contributed by atoms with van der Waals surface area (Å²) in [6.07, 6.45) is 6.11. The van der Waals surface area contributed by atoms with Gasteiger partial charge in [0.25, 0.3) is 0 Å². The van der Waals surface area contributed by atoms with Gasteiger partial charge in [0.2, 0.25) is 0 Å². The summed E-state index contributed by atoms with van der Waals surface area (Å²) < 4.78 is 14.7. The maximum atomic E-state index is 13.7. The Hall–Kier alpha value is -0.570. The molecule has 1 fully saturated rings. The van der Waals surface area contributed by atoms with Gasteiger partial charge in [-0.05, 0) is 49.3 Å². The van der Waals surface area contributed by atoms with Crippen LogP contribution in [0.2, 0.25) is 0 Å². The van der Waals surface area contributed by atoms with Gasteiger partial charge < -0.3 is 5.32 Å². The lowest BCUT2D eigenvalue weighted by Crippen LogP contribution is -2.19. The second-order valence-electron chi connectivity index (χ2n) is 5.98.